The molecule has 0 bridgehead atoms. The second-order valence-electron chi connectivity index (χ2n) is 7.27. The van der Waals surface area contributed by atoms with E-state index in [4.69, 9.17) is 5.26 Å². The van der Waals surface area contributed by atoms with Gasteiger partial charge in [0.25, 0.3) is 5.91 Å². The summed E-state index contributed by atoms with van der Waals surface area (Å²) in [4.78, 5) is 15.5. The van der Waals surface area contributed by atoms with E-state index < -0.39 is 11.6 Å². The maximum atomic E-state index is 15.1. The molecule has 1 unspecified atom stereocenters. The minimum atomic E-state index is -2.03. The Morgan fingerprint density at radius 1 is 1.22 bits per heavy atom. The number of nitriles is 1. The Morgan fingerprint density at radius 2 is 2.04 bits per heavy atom. The van der Waals surface area contributed by atoms with Crippen molar-refractivity contribution < 1.29 is 13.6 Å². The third-order valence-corrected chi connectivity index (χ3v) is 5.40. The third kappa shape index (κ3) is 2.93. The molecule has 1 saturated heterocycles. The van der Waals surface area contributed by atoms with Crippen molar-refractivity contribution in [2.75, 3.05) is 24.5 Å². The van der Waals surface area contributed by atoms with E-state index in [-0.39, 0.29) is 25.3 Å². The number of anilines is 1. The minimum absolute atomic E-state index is 0.0256. The molecule has 0 aromatic heterocycles. The smallest absolute Gasteiger partial charge is 0.266 e. The van der Waals surface area contributed by atoms with Crippen LogP contribution in [0.25, 0.3) is 11.1 Å². The van der Waals surface area contributed by atoms with Crippen molar-refractivity contribution in [2.45, 2.75) is 25.4 Å². The van der Waals surface area contributed by atoms with Crippen molar-refractivity contribution >= 4 is 11.6 Å². The first-order valence-corrected chi connectivity index (χ1v) is 8.96. The lowest BCUT2D eigenvalue weighted by atomic mass is 9.99. The molecular formula is C21H19F2N3O. The van der Waals surface area contributed by atoms with E-state index in [0.29, 0.717) is 24.2 Å². The SMILES string of the molecule is Cc1ccc(F)c(-c2ccc3c(c2)CCN3C(=O)C2(F)CCN(C#N)C2)c1. The van der Waals surface area contributed by atoms with Crippen molar-refractivity contribution in [3.63, 3.8) is 0 Å². The van der Waals surface area contributed by atoms with Crippen LogP contribution in [0.3, 0.4) is 0 Å². The Hall–Kier alpha value is -2.94. The molecule has 1 amide bonds. The molecular weight excluding hydrogens is 348 g/mol. The number of hydrogen-bond acceptors (Lipinski definition) is 3. The summed E-state index contributed by atoms with van der Waals surface area (Å²) >= 11 is 0. The fraction of sp³-hybridized carbons (Fsp3) is 0.333. The van der Waals surface area contributed by atoms with Crippen LogP contribution in [0.2, 0.25) is 0 Å². The number of alkyl halides is 1. The van der Waals surface area contributed by atoms with Crippen molar-refractivity contribution in [2.24, 2.45) is 0 Å². The average Bonchev–Trinajstić information content (AvgIpc) is 3.27. The molecule has 2 aromatic carbocycles. The van der Waals surface area contributed by atoms with Gasteiger partial charge < -0.3 is 9.80 Å². The van der Waals surface area contributed by atoms with Crippen LogP contribution >= 0.6 is 0 Å². The predicted octanol–water partition coefficient (Wildman–Crippen LogP) is 3.59. The van der Waals surface area contributed by atoms with Gasteiger partial charge in [-0.1, -0.05) is 17.7 Å². The van der Waals surface area contributed by atoms with E-state index in [1.165, 1.54) is 15.9 Å². The van der Waals surface area contributed by atoms with E-state index in [9.17, 15) is 9.18 Å². The maximum absolute atomic E-state index is 15.1. The summed E-state index contributed by atoms with van der Waals surface area (Å²) in [7, 11) is 0. The van der Waals surface area contributed by atoms with Crippen LogP contribution in [-0.4, -0.2) is 36.1 Å². The normalized spacial score (nSPS) is 21.3. The highest BCUT2D eigenvalue weighted by Gasteiger charge is 2.48. The lowest BCUT2D eigenvalue weighted by Crippen LogP contribution is -2.47. The first-order valence-electron chi connectivity index (χ1n) is 8.96. The van der Waals surface area contributed by atoms with Crippen LogP contribution in [0.5, 0.6) is 0 Å². The summed E-state index contributed by atoms with van der Waals surface area (Å²) in [5.41, 5.74) is 1.77. The van der Waals surface area contributed by atoms with Crippen LogP contribution in [0, 0.1) is 24.2 Å². The molecule has 138 valence electrons. The largest absolute Gasteiger partial charge is 0.309 e. The lowest BCUT2D eigenvalue weighted by Gasteiger charge is -2.25. The van der Waals surface area contributed by atoms with Crippen LogP contribution < -0.4 is 4.90 Å². The van der Waals surface area contributed by atoms with Crippen molar-refractivity contribution in [3.05, 3.63) is 53.3 Å². The third-order valence-electron chi connectivity index (χ3n) is 5.40. The number of halogens is 2. The van der Waals surface area contributed by atoms with E-state index in [2.05, 4.69) is 0 Å². The number of carbonyl (C=O) groups excluding carboxylic acids is 1. The molecule has 2 aliphatic heterocycles. The van der Waals surface area contributed by atoms with Crippen LogP contribution in [-0.2, 0) is 11.2 Å². The first-order chi connectivity index (χ1) is 12.9. The van der Waals surface area contributed by atoms with Crippen LogP contribution in [0.4, 0.5) is 14.5 Å². The van der Waals surface area contributed by atoms with Crippen molar-refractivity contribution in [3.8, 4) is 17.3 Å². The van der Waals surface area contributed by atoms with Crippen molar-refractivity contribution in [1.82, 2.24) is 4.90 Å². The number of benzene rings is 2. The number of fused-ring (bicyclic) bond motifs is 1. The quantitative estimate of drug-likeness (QED) is 0.762. The average molecular weight is 367 g/mol. The molecule has 2 heterocycles. The molecule has 0 spiro atoms. The zero-order valence-electron chi connectivity index (χ0n) is 15.0. The Kier molecular flexibility index (Phi) is 4.11. The summed E-state index contributed by atoms with van der Waals surface area (Å²) in [6.45, 7) is 2.36. The van der Waals surface area contributed by atoms with Gasteiger partial charge in [-0.25, -0.2) is 8.78 Å². The van der Waals surface area contributed by atoms with Gasteiger partial charge in [0.15, 0.2) is 6.19 Å². The van der Waals surface area contributed by atoms with Crippen molar-refractivity contribution in [1.29, 1.82) is 5.26 Å². The maximum Gasteiger partial charge on any atom is 0.266 e. The van der Waals surface area contributed by atoms with Gasteiger partial charge in [0.2, 0.25) is 5.67 Å². The minimum Gasteiger partial charge on any atom is -0.309 e. The molecule has 2 aliphatic rings. The topological polar surface area (TPSA) is 47.3 Å². The fourth-order valence-corrected chi connectivity index (χ4v) is 3.92. The summed E-state index contributed by atoms with van der Waals surface area (Å²) < 4.78 is 29.3. The number of amides is 1. The Morgan fingerprint density at radius 3 is 2.78 bits per heavy atom. The second kappa shape index (κ2) is 6.34. The molecule has 0 saturated carbocycles. The molecule has 0 N–H and O–H groups in total. The summed E-state index contributed by atoms with van der Waals surface area (Å²) in [6.07, 6.45) is 2.53. The Bertz CT molecular complexity index is 968. The molecule has 0 radical (unpaired) electrons. The number of aryl methyl sites for hydroxylation is 1. The van der Waals surface area contributed by atoms with Gasteiger partial charge in [0, 0.05) is 30.8 Å². The van der Waals surface area contributed by atoms with Gasteiger partial charge in [-0.3, -0.25) is 4.79 Å². The van der Waals surface area contributed by atoms with Crippen LogP contribution in [0.1, 0.15) is 17.5 Å². The Labute approximate surface area is 156 Å². The molecule has 2 aromatic rings. The molecule has 1 atom stereocenters. The molecule has 27 heavy (non-hydrogen) atoms. The number of hydrogen-bond donors (Lipinski definition) is 0. The predicted molar refractivity (Wildman–Crippen MR) is 98.3 cm³/mol. The van der Waals surface area contributed by atoms with E-state index in [1.54, 1.807) is 24.3 Å². The zero-order chi connectivity index (χ0) is 19.2. The van der Waals surface area contributed by atoms with E-state index in [1.807, 2.05) is 19.2 Å². The first kappa shape index (κ1) is 17.5. The number of likely N-dealkylation sites (tertiary alicyclic amines) is 1. The number of nitrogens with zero attached hydrogens (tertiary/aromatic N) is 3. The molecule has 6 heteroatoms. The molecule has 1 fully saturated rings. The summed E-state index contributed by atoms with van der Waals surface area (Å²) in [5.74, 6) is -0.884. The van der Waals surface area contributed by atoms with Gasteiger partial charge in [-0.05, 0) is 48.7 Å². The van der Waals surface area contributed by atoms with Gasteiger partial charge in [0.05, 0.1) is 6.54 Å². The van der Waals surface area contributed by atoms with E-state index >= 15 is 4.39 Å². The van der Waals surface area contributed by atoms with Gasteiger partial charge in [-0.15, -0.1) is 0 Å². The Balaban J connectivity index is 1.63. The summed E-state index contributed by atoms with van der Waals surface area (Å²) in [6, 6.07) is 10.4. The molecule has 4 rings (SSSR count). The van der Waals surface area contributed by atoms with Crippen LogP contribution in [0.15, 0.2) is 36.4 Å². The monoisotopic (exact) mass is 367 g/mol. The standard InChI is InChI=1S/C21H19F2N3O/c1-14-2-4-18(22)17(10-14)15-3-5-19-16(11-15)6-8-26(19)20(27)21(23)7-9-25(12-21)13-24/h2-5,10-11H,6-9,12H2,1H3. The highest BCUT2D eigenvalue weighted by Crippen LogP contribution is 2.37. The molecule has 4 nitrogen and oxygen atoms in total. The highest BCUT2D eigenvalue weighted by molar-refractivity contribution is 6.01. The number of carbonyl (C=O) groups is 1. The van der Waals surface area contributed by atoms with Gasteiger partial charge in [-0.2, -0.15) is 5.26 Å². The van der Waals surface area contributed by atoms with Gasteiger partial charge in [0.1, 0.15) is 5.82 Å². The summed E-state index contributed by atoms with van der Waals surface area (Å²) in [5, 5.41) is 8.94. The van der Waals surface area contributed by atoms with Gasteiger partial charge >= 0.3 is 0 Å². The lowest BCUT2D eigenvalue weighted by molar-refractivity contribution is -0.129. The fourth-order valence-electron chi connectivity index (χ4n) is 3.92. The highest BCUT2D eigenvalue weighted by atomic mass is 19.1. The zero-order valence-corrected chi connectivity index (χ0v) is 15.0. The molecule has 0 aliphatic carbocycles. The second-order valence-corrected chi connectivity index (χ2v) is 7.27. The number of rotatable bonds is 2. The van der Waals surface area contributed by atoms with E-state index in [0.717, 1.165) is 16.7 Å².